The molecule has 0 saturated carbocycles. The molecule has 0 aliphatic heterocycles. The average Bonchev–Trinajstić information content (AvgIpc) is 1.98. The molecule has 0 bridgehead atoms. The SMILES string of the molecule is O=COc1ccc(O)c(Br)c1. The highest BCUT2D eigenvalue weighted by molar-refractivity contribution is 9.10. The van der Waals surface area contributed by atoms with Crippen molar-refractivity contribution in [3.05, 3.63) is 22.7 Å². The number of halogens is 1. The normalized spacial score (nSPS) is 9.18. The Morgan fingerprint density at radius 2 is 2.27 bits per heavy atom. The van der Waals surface area contributed by atoms with Crippen LogP contribution < -0.4 is 4.74 Å². The van der Waals surface area contributed by atoms with Gasteiger partial charge in [0.2, 0.25) is 0 Å². The highest BCUT2D eigenvalue weighted by Gasteiger charge is 1.98. The van der Waals surface area contributed by atoms with Crippen molar-refractivity contribution in [2.75, 3.05) is 0 Å². The van der Waals surface area contributed by atoms with E-state index in [1.165, 1.54) is 18.2 Å². The number of phenolic OH excluding ortho intramolecular Hbond substituents is 1. The number of phenols is 1. The van der Waals surface area contributed by atoms with Crippen molar-refractivity contribution in [1.29, 1.82) is 0 Å². The van der Waals surface area contributed by atoms with E-state index in [1.807, 2.05) is 0 Å². The zero-order valence-electron chi connectivity index (χ0n) is 5.45. The van der Waals surface area contributed by atoms with Gasteiger partial charge in [0, 0.05) is 0 Å². The third-order valence-electron chi connectivity index (χ3n) is 1.10. The lowest BCUT2D eigenvalue weighted by molar-refractivity contribution is -0.120. The first-order valence-corrected chi connectivity index (χ1v) is 3.62. The van der Waals surface area contributed by atoms with E-state index < -0.39 is 0 Å². The third-order valence-corrected chi connectivity index (χ3v) is 1.74. The maximum absolute atomic E-state index is 9.87. The van der Waals surface area contributed by atoms with Crippen LogP contribution in [0.25, 0.3) is 0 Å². The Hall–Kier alpha value is -1.03. The molecule has 1 N–H and O–H groups in total. The van der Waals surface area contributed by atoms with E-state index in [9.17, 15) is 4.79 Å². The summed E-state index contributed by atoms with van der Waals surface area (Å²) in [6.07, 6.45) is 0. The maximum Gasteiger partial charge on any atom is 0.298 e. The smallest absolute Gasteiger partial charge is 0.298 e. The summed E-state index contributed by atoms with van der Waals surface area (Å²) in [6.45, 7) is 0.332. The zero-order chi connectivity index (χ0) is 8.27. The number of rotatable bonds is 2. The molecule has 0 aliphatic carbocycles. The number of aromatic hydroxyl groups is 1. The van der Waals surface area contributed by atoms with E-state index in [1.54, 1.807) is 0 Å². The second-order valence-electron chi connectivity index (χ2n) is 1.83. The van der Waals surface area contributed by atoms with Gasteiger partial charge in [0.1, 0.15) is 11.5 Å². The molecule has 0 aliphatic rings. The van der Waals surface area contributed by atoms with E-state index in [0.29, 0.717) is 16.7 Å². The Morgan fingerprint density at radius 3 is 2.82 bits per heavy atom. The molecule has 11 heavy (non-hydrogen) atoms. The minimum absolute atomic E-state index is 0.114. The van der Waals surface area contributed by atoms with Gasteiger partial charge in [-0.05, 0) is 34.1 Å². The van der Waals surface area contributed by atoms with Crippen molar-refractivity contribution in [2.45, 2.75) is 0 Å². The molecular weight excluding hydrogens is 212 g/mol. The fraction of sp³-hybridized carbons (Fsp3) is 0. The Labute approximate surface area is 71.7 Å². The van der Waals surface area contributed by atoms with Crippen LogP contribution in [0, 0.1) is 0 Å². The Bertz CT molecular complexity index is 272. The molecule has 4 heteroatoms. The first-order valence-electron chi connectivity index (χ1n) is 2.83. The highest BCUT2D eigenvalue weighted by atomic mass is 79.9. The molecule has 0 heterocycles. The monoisotopic (exact) mass is 216 g/mol. The molecule has 58 valence electrons. The second kappa shape index (κ2) is 3.39. The van der Waals surface area contributed by atoms with Gasteiger partial charge in [-0.15, -0.1) is 0 Å². The molecule has 3 nitrogen and oxygen atoms in total. The predicted molar refractivity (Wildman–Crippen MR) is 42.5 cm³/mol. The minimum atomic E-state index is 0.114. The van der Waals surface area contributed by atoms with Crippen molar-refractivity contribution < 1.29 is 14.6 Å². The topological polar surface area (TPSA) is 46.5 Å². The molecule has 0 spiro atoms. The molecule has 1 aromatic carbocycles. The molecule has 0 radical (unpaired) electrons. The zero-order valence-corrected chi connectivity index (χ0v) is 7.04. The predicted octanol–water partition coefficient (Wildman–Crippen LogP) is 1.69. The van der Waals surface area contributed by atoms with E-state index in [4.69, 9.17) is 5.11 Å². The van der Waals surface area contributed by atoms with Gasteiger partial charge in [-0.1, -0.05) is 0 Å². The minimum Gasteiger partial charge on any atom is -0.507 e. The quantitative estimate of drug-likeness (QED) is 0.766. The molecule has 1 rings (SSSR count). The third kappa shape index (κ3) is 1.94. The van der Waals surface area contributed by atoms with Crippen molar-refractivity contribution in [3.8, 4) is 11.5 Å². The summed E-state index contributed by atoms with van der Waals surface area (Å²) in [6, 6.07) is 4.43. The molecule has 0 atom stereocenters. The summed E-state index contributed by atoms with van der Waals surface area (Å²) in [7, 11) is 0. The van der Waals surface area contributed by atoms with Gasteiger partial charge in [0.15, 0.2) is 0 Å². The van der Waals surface area contributed by atoms with Gasteiger partial charge >= 0.3 is 0 Å². The first kappa shape index (κ1) is 8.07. The van der Waals surface area contributed by atoms with Gasteiger partial charge in [-0.2, -0.15) is 0 Å². The molecule has 1 aromatic rings. The highest BCUT2D eigenvalue weighted by Crippen LogP contribution is 2.27. The fourth-order valence-electron chi connectivity index (χ4n) is 0.616. The molecule has 0 fully saturated rings. The standard InChI is InChI=1S/C7H5BrO3/c8-6-3-5(11-4-9)1-2-7(6)10/h1-4,10H. The number of ether oxygens (including phenoxy) is 1. The number of carbonyl (C=O) groups is 1. The summed E-state index contributed by atoms with van der Waals surface area (Å²) in [4.78, 5) is 9.87. The average molecular weight is 217 g/mol. The van der Waals surface area contributed by atoms with Gasteiger partial charge in [0.25, 0.3) is 6.47 Å². The number of hydrogen-bond acceptors (Lipinski definition) is 3. The lowest BCUT2D eigenvalue weighted by atomic mass is 10.3. The molecule has 0 amide bonds. The van der Waals surface area contributed by atoms with Crippen LogP contribution in [-0.2, 0) is 4.79 Å². The largest absolute Gasteiger partial charge is 0.507 e. The van der Waals surface area contributed by atoms with Gasteiger partial charge in [0.05, 0.1) is 4.47 Å². The summed E-state index contributed by atoms with van der Waals surface area (Å²) in [5.41, 5.74) is 0. The van der Waals surface area contributed by atoms with Crippen molar-refractivity contribution in [2.24, 2.45) is 0 Å². The Morgan fingerprint density at radius 1 is 1.55 bits per heavy atom. The van der Waals surface area contributed by atoms with Gasteiger partial charge in [-0.25, -0.2) is 0 Å². The summed E-state index contributed by atoms with van der Waals surface area (Å²) in [5.74, 6) is 0.507. The lowest BCUT2D eigenvalue weighted by Crippen LogP contribution is -1.87. The van der Waals surface area contributed by atoms with Crippen LogP contribution in [0.2, 0.25) is 0 Å². The molecule has 0 aromatic heterocycles. The first-order chi connectivity index (χ1) is 5.24. The van der Waals surface area contributed by atoms with Gasteiger partial charge < -0.3 is 9.84 Å². The van der Waals surface area contributed by atoms with Crippen LogP contribution in [0.15, 0.2) is 22.7 Å². The van der Waals surface area contributed by atoms with E-state index in [2.05, 4.69) is 20.7 Å². The van der Waals surface area contributed by atoms with E-state index in [0.717, 1.165) is 0 Å². The summed E-state index contributed by atoms with van der Waals surface area (Å²) >= 11 is 3.07. The van der Waals surface area contributed by atoms with Gasteiger partial charge in [-0.3, -0.25) is 4.79 Å². The second-order valence-corrected chi connectivity index (χ2v) is 2.68. The Kier molecular flexibility index (Phi) is 2.48. The van der Waals surface area contributed by atoms with Crippen molar-refractivity contribution in [3.63, 3.8) is 0 Å². The summed E-state index contributed by atoms with van der Waals surface area (Å²) in [5, 5.41) is 9.02. The molecule has 0 saturated heterocycles. The Balaban J connectivity index is 2.95. The van der Waals surface area contributed by atoms with Crippen LogP contribution in [0.3, 0.4) is 0 Å². The van der Waals surface area contributed by atoms with Crippen molar-refractivity contribution >= 4 is 22.4 Å². The number of benzene rings is 1. The van der Waals surface area contributed by atoms with E-state index >= 15 is 0 Å². The van der Waals surface area contributed by atoms with Crippen LogP contribution in [0.1, 0.15) is 0 Å². The molecule has 0 unspecified atom stereocenters. The van der Waals surface area contributed by atoms with Crippen molar-refractivity contribution in [1.82, 2.24) is 0 Å². The number of hydrogen-bond donors (Lipinski definition) is 1. The maximum atomic E-state index is 9.87. The fourth-order valence-corrected chi connectivity index (χ4v) is 0.974. The molecular formula is C7H5BrO3. The lowest BCUT2D eigenvalue weighted by Gasteiger charge is -1.99. The van der Waals surface area contributed by atoms with Crippen LogP contribution in [0.4, 0.5) is 0 Å². The van der Waals surface area contributed by atoms with Crippen LogP contribution >= 0.6 is 15.9 Å². The summed E-state index contributed by atoms with van der Waals surface area (Å²) < 4.78 is 5.02. The van der Waals surface area contributed by atoms with Crippen LogP contribution in [0.5, 0.6) is 11.5 Å². The van der Waals surface area contributed by atoms with Crippen LogP contribution in [-0.4, -0.2) is 11.6 Å². The van der Waals surface area contributed by atoms with E-state index in [-0.39, 0.29) is 5.75 Å². The number of carbonyl (C=O) groups excluding carboxylic acids is 1.